The maximum Gasteiger partial charge on any atom is 0.191 e. The number of carbonyl (C=O) groups excluding carboxylic acids is 1. The van der Waals surface area contributed by atoms with Crippen LogP contribution in [0, 0.1) is 0 Å². The molecule has 0 N–H and O–H groups in total. The van der Waals surface area contributed by atoms with Crippen molar-refractivity contribution in [2.24, 2.45) is 0 Å². The number of aryl methyl sites for hydroxylation is 1. The fraction of sp³-hybridized carbons (Fsp3) is 0.409. The molecule has 3 nitrogen and oxygen atoms in total. The molecular weight excluding hydrogens is 420 g/mol. The zero-order valence-electron chi connectivity index (χ0n) is 16.8. The maximum absolute atomic E-state index is 11.2. The van der Waals surface area contributed by atoms with Crippen LogP contribution in [0.15, 0.2) is 46.9 Å². The molecule has 2 aromatic rings. The molecule has 0 aliphatic carbocycles. The largest absolute Gasteiger partial charge is 0.457 e. The van der Waals surface area contributed by atoms with Crippen LogP contribution >= 0.6 is 15.9 Å². The summed E-state index contributed by atoms with van der Waals surface area (Å²) in [6, 6.07) is 13.4. The summed E-state index contributed by atoms with van der Waals surface area (Å²) in [6.07, 6.45) is 2.79. The standard InChI is InChI=1S/C22H29BrO3Si/c1-22(2,3)27(4,5)25-14-6-7-17-8-11-20(12-9-17)26-21-13-10-19(23)15-18(21)16-24/h8-13,15-16H,6-7,14H2,1-5H3. The van der Waals surface area contributed by atoms with E-state index in [2.05, 4.69) is 61.9 Å². The Morgan fingerprint density at radius 3 is 2.33 bits per heavy atom. The van der Waals surface area contributed by atoms with Gasteiger partial charge in [-0.25, -0.2) is 0 Å². The van der Waals surface area contributed by atoms with E-state index in [-0.39, 0.29) is 5.04 Å². The number of aldehydes is 1. The molecule has 0 unspecified atom stereocenters. The minimum absolute atomic E-state index is 0.249. The molecule has 27 heavy (non-hydrogen) atoms. The Balaban J connectivity index is 1.88. The van der Waals surface area contributed by atoms with Gasteiger partial charge in [0.25, 0.3) is 0 Å². The van der Waals surface area contributed by atoms with E-state index in [9.17, 15) is 4.79 Å². The summed E-state index contributed by atoms with van der Waals surface area (Å²) in [5.41, 5.74) is 1.78. The molecule has 2 aromatic carbocycles. The third kappa shape index (κ3) is 6.30. The van der Waals surface area contributed by atoms with Gasteiger partial charge in [-0.15, -0.1) is 0 Å². The molecule has 0 aromatic heterocycles. The number of hydrogen-bond donors (Lipinski definition) is 0. The first-order valence-electron chi connectivity index (χ1n) is 9.28. The van der Waals surface area contributed by atoms with Crippen molar-refractivity contribution in [1.29, 1.82) is 0 Å². The van der Waals surface area contributed by atoms with E-state index in [1.165, 1.54) is 5.56 Å². The molecule has 146 valence electrons. The van der Waals surface area contributed by atoms with E-state index in [4.69, 9.17) is 9.16 Å². The van der Waals surface area contributed by atoms with Gasteiger partial charge in [-0.2, -0.15) is 0 Å². The molecule has 0 heterocycles. The first-order valence-corrected chi connectivity index (χ1v) is 13.0. The Morgan fingerprint density at radius 1 is 1.07 bits per heavy atom. The SMILES string of the molecule is CC(C)(C)[Si](C)(C)OCCCc1ccc(Oc2ccc(Br)cc2C=O)cc1. The van der Waals surface area contributed by atoms with Gasteiger partial charge in [0.15, 0.2) is 14.6 Å². The summed E-state index contributed by atoms with van der Waals surface area (Å²) in [5, 5.41) is 0.249. The Bertz CT molecular complexity index is 764. The molecule has 0 radical (unpaired) electrons. The summed E-state index contributed by atoms with van der Waals surface area (Å²) in [4.78, 5) is 11.2. The molecule has 0 bridgehead atoms. The van der Waals surface area contributed by atoms with E-state index < -0.39 is 8.32 Å². The van der Waals surface area contributed by atoms with Gasteiger partial charge in [0.2, 0.25) is 0 Å². The molecule has 0 fully saturated rings. The van der Waals surface area contributed by atoms with Crippen LogP contribution in [0.4, 0.5) is 0 Å². The lowest BCUT2D eigenvalue weighted by molar-refractivity contribution is 0.112. The van der Waals surface area contributed by atoms with E-state index in [1.807, 2.05) is 18.2 Å². The molecular formula is C22H29BrO3Si. The molecule has 2 rings (SSSR count). The van der Waals surface area contributed by atoms with Gasteiger partial charge >= 0.3 is 0 Å². The van der Waals surface area contributed by atoms with Crippen LogP contribution in [-0.2, 0) is 10.8 Å². The quantitative estimate of drug-likeness (QED) is 0.247. The second-order valence-electron chi connectivity index (χ2n) is 8.26. The average molecular weight is 449 g/mol. The highest BCUT2D eigenvalue weighted by Crippen LogP contribution is 2.36. The van der Waals surface area contributed by atoms with Crippen molar-refractivity contribution in [1.82, 2.24) is 0 Å². The van der Waals surface area contributed by atoms with Gasteiger partial charge in [-0.3, -0.25) is 4.79 Å². The van der Waals surface area contributed by atoms with E-state index >= 15 is 0 Å². The van der Waals surface area contributed by atoms with Crippen LogP contribution < -0.4 is 4.74 Å². The van der Waals surface area contributed by atoms with Crippen molar-refractivity contribution < 1.29 is 14.0 Å². The zero-order chi connectivity index (χ0) is 20.1. The Kier molecular flexibility index (Phi) is 7.43. The average Bonchev–Trinajstić information content (AvgIpc) is 2.60. The summed E-state index contributed by atoms with van der Waals surface area (Å²) in [6.45, 7) is 12.2. The van der Waals surface area contributed by atoms with E-state index in [1.54, 1.807) is 12.1 Å². The van der Waals surface area contributed by atoms with Crippen molar-refractivity contribution in [2.45, 2.75) is 51.7 Å². The van der Waals surface area contributed by atoms with Crippen molar-refractivity contribution in [3.63, 3.8) is 0 Å². The molecule has 0 saturated heterocycles. The predicted octanol–water partition coefficient (Wildman–Crippen LogP) is 7.01. The summed E-state index contributed by atoms with van der Waals surface area (Å²) >= 11 is 3.36. The lowest BCUT2D eigenvalue weighted by Gasteiger charge is -2.36. The first-order chi connectivity index (χ1) is 12.6. The van der Waals surface area contributed by atoms with E-state index in [0.717, 1.165) is 36.0 Å². The third-order valence-electron chi connectivity index (χ3n) is 5.13. The van der Waals surface area contributed by atoms with E-state index in [0.29, 0.717) is 11.3 Å². The summed E-state index contributed by atoms with van der Waals surface area (Å²) in [5.74, 6) is 1.28. The lowest BCUT2D eigenvalue weighted by atomic mass is 10.1. The minimum Gasteiger partial charge on any atom is -0.457 e. The van der Waals surface area contributed by atoms with Crippen LogP contribution in [0.1, 0.15) is 43.1 Å². The smallest absolute Gasteiger partial charge is 0.191 e. The zero-order valence-corrected chi connectivity index (χ0v) is 19.4. The van der Waals surface area contributed by atoms with Crippen LogP contribution in [0.2, 0.25) is 18.1 Å². The van der Waals surface area contributed by atoms with Crippen molar-refractivity contribution in [2.75, 3.05) is 6.61 Å². The highest BCUT2D eigenvalue weighted by atomic mass is 79.9. The highest BCUT2D eigenvalue weighted by molar-refractivity contribution is 9.10. The Morgan fingerprint density at radius 2 is 1.74 bits per heavy atom. The molecule has 0 saturated carbocycles. The maximum atomic E-state index is 11.2. The Hall–Kier alpha value is -1.43. The predicted molar refractivity (Wildman–Crippen MR) is 118 cm³/mol. The van der Waals surface area contributed by atoms with Gasteiger partial charge in [-0.1, -0.05) is 48.8 Å². The highest BCUT2D eigenvalue weighted by Gasteiger charge is 2.36. The topological polar surface area (TPSA) is 35.5 Å². The van der Waals surface area contributed by atoms with Gasteiger partial charge < -0.3 is 9.16 Å². The van der Waals surface area contributed by atoms with Crippen molar-refractivity contribution in [3.8, 4) is 11.5 Å². The lowest BCUT2D eigenvalue weighted by Crippen LogP contribution is -2.41. The summed E-state index contributed by atoms with van der Waals surface area (Å²) in [7, 11) is -1.66. The molecule has 5 heteroatoms. The number of carbonyl (C=O) groups is 1. The van der Waals surface area contributed by atoms with Crippen LogP contribution in [-0.4, -0.2) is 21.2 Å². The van der Waals surface area contributed by atoms with Gasteiger partial charge in [0, 0.05) is 11.1 Å². The number of hydrogen-bond acceptors (Lipinski definition) is 3. The molecule has 0 aliphatic rings. The normalized spacial score (nSPS) is 12.1. The van der Waals surface area contributed by atoms with Crippen LogP contribution in [0.5, 0.6) is 11.5 Å². The number of benzene rings is 2. The monoisotopic (exact) mass is 448 g/mol. The van der Waals surface area contributed by atoms with Crippen molar-refractivity contribution in [3.05, 3.63) is 58.1 Å². The molecule has 0 aliphatic heterocycles. The molecule has 0 spiro atoms. The fourth-order valence-electron chi connectivity index (χ4n) is 2.38. The fourth-order valence-corrected chi connectivity index (χ4v) is 3.84. The summed E-state index contributed by atoms with van der Waals surface area (Å²) < 4.78 is 12.9. The second-order valence-corrected chi connectivity index (χ2v) is 14.0. The third-order valence-corrected chi connectivity index (χ3v) is 10.2. The van der Waals surface area contributed by atoms with Crippen LogP contribution in [0.25, 0.3) is 0 Å². The number of halogens is 1. The van der Waals surface area contributed by atoms with Crippen molar-refractivity contribution >= 4 is 30.5 Å². The van der Waals surface area contributed by atoms with Crippen LogP contribution in [0.3, 0.4) is 0 Å². The number of rotatable bonds is 8. The number of ether oxygens (including phenoxy) is 1. The van der Waals surface area contributed by atoms with Gasteiger partial charge in [0.05, 0.1) is 5.56 Å². The minimum atomic E-state index is -1.66. The Labute approximate surface area is 172 Å². The van der Waals surface area contributed by atoms with Gasteiger partial charge in [-0.05, 0) is 66.9 Å². The molecule has 0 amide bonds. The second kappa shape index (κ2) is 9.17. The van der Waals surface area contributed by atoms with Gasteiger partial charge in [0.1, 0.15) is 11.5 Å². The molecule has 0 atom stereocenters. The first kappa shape index (κ1) is 21.9.